The number of nitrogens with two attached hydrogens (primary N) is 2. The molecule has 94 valence electrons. The number of H-pyrrole nitrogens is 1. The number of aromatic amines is 1. The molecule has 0 saturated heterocycles. The molecule has 0 radical (unpaired) electrons. The van der Waals surface area contributed by atoms with Gasteiger partial charge in [-0.2, -0.15) is 4.99 Å². The second kappa shape index (κ2) is 6.43. The summed E-state index contributed by atoms with van der Waals surface area (Å²) in [6.07, 6.45) is 1.73. The fourth-order valence-corrected chi connectivity index (χ4v) is 1.81. The minimum absolute atomic E-state index is 0. The molecule has 0 aliphatic carbocycles. The number of aryl methyl sites for hydroxylation is 1. The van der Waals surface area contributed by atoms with Gasteiger partial charge < -0.3 is 16.5 Å². The van der Waals surface area contributed by atoms with E-state index in [1.54, 1.807) is 6.20 Å². The molecule has 0 bridgehead atoms. The van der Waals surface area contributed by atoms with Crippen molar-refractivity contribution in [1.82, 2.24) is 15.0 Å². The van der Waals surface area contributed by atoms with Crippen LogP contribution >= 0.6 is 36.2 Å². The Morgan fingerprint density at radius 2 is 2.12 bits per heavy atom. The van der Waals surface area contributed by atoms with Crippen LogP contribution in [0.1, 0.15) is 5.82 Å². The summed E-state index contributed by atoms with van der Waals surface area (Å²) in [5.41, 5.74) is 12.2. The highest BCUT2D eigenvalue weighted by Crippen LogP contribution is 2.25. The van der Waals surface area contributed by atoms with E-state index in [1.165, 1.54) is 11.3 Å². The van der Waals surface area contributed by atoms with E-state index in [0.29, 0.717) is 5.13 Å². The molecule has 0 amide bonds. The summed E-state index contributed by atoms with van der Waals surface area (Å²) < 4.78 is 0. The van der Waals surface area contributed by atoms with Crippen molar-refractivity contribution >= 4 is 47.2 Å². The molecule has 2 aromatic rings. The SMILES string of the molecule is Cc1ncc(-c2csc(N=C(N)N)n2)[nH]1.Cl.Cl. The summed E-state index contributed by atoms with van der Waals surface area (Å²) in [7, 11) is 0. The summed E-state index contributed by atoms with van der Waals surface area (Å²) >= 11 is 1.38. The molecular weight excluding hydrogens is 283 g/mol. The third-order valence-corrected chi connectivity index (χ3v) is 2.43. The summed E-state index contributed by atoms with van der Waals surface area (Å²) in [5.74, 6) is 0.859. The Morgan fingerprint density at radius 1 is 1.41 bits per heavy atom. The zero-order valence-corrected chi connectivity index (χ0v) is 11.3. The highest BCUT2D eigenvalue weighted by Gasteiger charge is 2.05. The number of hydrogen-bond acceptors (Lipinski definition) is 4. The number of nitrogens with one attached hydrogen (secondary N) is 1. The van der Waals surface area contributed by atoms with Gasteiger partial charge in [-0.1, -0.05) is 0 Å². The Hall–Kier alpha value is -1.31. The van der Waals surface area contributed by atoms with E-state index in [9.17, 15) is 0 Å². The van der Waals surface area contributed by atoms with Gasteiger partial charge in [-0.05, 0) is 6.92 Å². The van der Waals surface area contributed by atoms with Gasteiger partial charge in [0.05, 0.1) is 11.9 Å². The predicted molar refractivity (Wildman–Crippen MR) is 74.4 cm³/mol. The lowest BCUT2D eigenvalue weighted by Gasteiger charge is -1.88. The molecule has 6 nitrogen and oxygen atoms in total. The first-order chi connectivity index (χ1) is 7.15. The zero-order chi connectivity index (χ0) is 10.8. The molecule has 9 heteroatoms. The van der Waals surface area contributed by atoms with Crippen LogP contribution in [0, 0.1) is 6.92 Å². The molecule has 0 unspecified atom stereocenters. The summed E-state index contributed by atoms with van der Waals surface area (Å²) in [5, 5.41) is 2.41. The highest BCUT2D eigenvalue weighted by atomic mass is 35.5. The van der Waals surface area contributed by atoms with Crippen LogP contribution in [0.5, 0.6) is 0 Å². The van der Waals surface area contributed by atoms with Gasteiger partial charge in [-0.15, -0.1) is 36.2 Å². The fraction of sp³-hybridized carbons (Fsp3) is 0.125. The quantitative estimate of drug-likeness (QED) is 0.577. The summed E-state index contributed by atoms with van der Waals surface area (Å²) in [4.78, 5) is 15.3. The van der Waals surface area contributed by atoms with Crippen LogP contribution in [0.15, 0.2) is 16.6 Å². The zero-order valence-electron chi connectivity index (χ0n) is 8.88. The summed E-state index contributed by atoms with van der Waals surface area (Å²) in [6.45, 7) is 1.88. The number of imidazole rings is 1. The van der Waals surface area contributed by atoms with E-state index in [-0.39, 0.29) is 30.8 Å². The van der Waals surface area contributed by atoms with Gasteiger partial charge in [0.25, 0.3) is 0 Å². The van der Waals surface area contributed by atoms with Crippen LogP contribution in [-0.2, 0) is 0 Å². The van der Waals surface area contributed by atoms with Gasteiger partial charge in [0, 0.05) is 5.38 Å². The van der Waals surface area contributed by atoms with Crippen molar-refractivity contribution in [1.29, 1.82) is 0 Å². The van der Waals surface area contributed by atoms with Crippen molar-refractivity contribution in [3.8, 4) is 11.4 Å². The molecule has 2 heterocycles. The van der Waals surface area contributed by atoms with Crippen molar-refractivity contribution in [2.75, 3.05) is 0 Å². The Balaban J connectivity index is 0.00000128. The number of hydrogen-bond donors (Lipinski definition) is 3. The van der Waals surface area contributed by atoms with Gasteiger partial charge in [-0.25, -0.2) is 9.97 Å². The molecule has 17 heavy (non-hydrogen) atoms. The van der Waals surface area contributed by atoms with E-state index in [4.69, 9.17) is 11.5 Å². The molecule has 0 aromatic carbocycles. The van der Waals surface area contributed by atoms with Gasteiger partial charge in [-0.3, -0.25) is 0 Å². The molecule has 0 fully saturated rings. The molecule has 0 aliphatic heterocycles. The minimum atomic E-state index is 0. The van der Waals surface area contributed by atoms with Crippen molar-refractivity contribution in [3.63, 3.8) is 0 Å². The van der Waals surface area contributed by atoms with Crippen LogP contribution in [0.25, 0.3) is 11.4 Å². The van der Waals surface area contributed by atoms with E-state index in [2.05, 4.69) is 19.9 Å². The maximum absolute atomic E-state index is 5.25. The van der Waals surface area contributed by atoms with Crippen LogP contribution in [0.2, 0.25) is 0 Å². The van der Waals surface area contributed by atoms with Crippen LogP contribution in [-0.4, -0.2) is 20.9 Å². The molecule has 5 N–H and O–H groups in total. The maximum Gasteiger partial charge on any atom is 0.212 e. The topological polar surface area (TPSA) is 106 Å². The Bertz CT molecular complexity index is 502. The highest BCUT2D eigenvalue weighted by molar-refractivity contribution is 7.13. The Labute approximate surface area is 114 Å². The van der Waals surface area contributed by atoms with Crippen LogP contribution in [0.4, 0.5) is 5.13 Å². The van der Waals surface area contributed by atoms with Crippen LogP contribution < -0.4 is 11.5 Å². The van der Waals surface area contributed by atoms with E-state index in [0.717, 1.165) is 17.2 Å². The van der Waals surface area contributed by atoms with Crippen molar-refractivity contribution in [2.45, 2.75) is 6.92 Å². The number of halogens is 2. The third-order valence-electron chi connectivity index (χ3n) is 1.70. The first kappa shape index (κ1) is 15.7. The standard InChI is InChI=1S/C8H10N6S.2ClH/c1-4-11-2-5(12-4)6-3-15-8(13-6)14-7(9)10;;/h2-3H,1H3,(H,11,12)(H4,9,10,13,14);2*1H. The monoisotopic (exact) mass is 294 g/mol. The average molecular weight is 295 g/mol. The number of guanidine groups is 1. The minimum Gasteiger partial charge on any atom is -0.370 e. The molecule has 2 aromatic heterocycles. The molecule has 0 spiro atoms. The number of aliphatic imine (C=N–C) groups is 1. The average Bonchev–Trinajstić information content (AvgIpc) is 2.72. The number of nitrogens with zero attached hydrogens (tertiary/aromatic N) is 3. The Kier molecular flexibility index (Phi) is 5.94. The van der Waals surface area contributed by atoms with Gasteiger partial charge >= 0.3 is 0 Å². The van der Waals surface area contributed by atoms with Crippen molar-refractivity contribution < 1.29 is 0 Å². The number of rotatable bonds is 2. The Morgan fingerprint density at radius 3 is 2.65 bits per heavy atom. The van der Waals surface area contributed by atoms with Crippen LogP contribution in [0.3, 0.4) is 0 Å². The molecule has 0 aliphatic rings. The lowest BCUT2D eigenvalue weighted by atomic mass is 10.4. The lowest BCUT2D eigenvalue weighted by Crippen LogP contribution is -2.21. The molecular formula is C8H12Cl2N6S. The largest absolute Gasteiger partial charge is 0.370 e. The number of aromatic nitrogens is 3. The van der Waals surface area contributed by atoms with Crippen molar-refractivity contribution in [3.05, 3.63) is 17.4 Å². The second-order valence-electron chi connectivity index (χ2n) is 2.93. The fourth-order valence-electron chi connectivity index (χ4n) is 1.10. The third kappa shape index (κ3) is 3.88. The molecule has 0 saturated carbocycles. The maximum atomic E-state index is 5.25. The van der Waals surface area contributed by atoms with Crippen molar-refractivity contribution in [2.24, 2.45) is 16.5 Å². The lowest BCUT2D eigenvalue weighted by molar-refractivity contribution is 1.15. The second-order valence-corrected chi connectivity index (χ2v) is 3.77. The first-order valence-electron chi connectivity index (χ1n) is 4.22. The van der Waals surface area contributed by atoms with E-state index in [1.807, 2.05) is 12.3 Å². The first-order valence-corrected chi connectivity index (χ1v) is 5.10. The van der Waals surface area contributed by atoms with Gasteiger partial charge in [0.15, 0.2) is 5.96 Å². The van der Waals surface area contributed by atoms with E-state index < -0.39 is 0 Å². The smallest absolute Gasteiger partial charge is 0.212 e. The predicted octanol–water partition coefficient (Wildman–Crippen LogP) is 1.59. The van der Waals surface area contributed by atoms with Gasteiger partial charge in [0.1, 0.15) is 11.5 Å². The van der Waals surface area contributed by atoms with E-state index >= 15 is 0 Å². The van der Waals surface area contributed by atoms with Gasteiger partial charge in [0.2, 0.25) is 5.13 Å². The summed E-state index contributed by atoms with van der Waals surface area (Å²) in [6, 6.07) is 0. The number of thiazole rings is 1. The molecule has 2 rings (SSSR count). The normalized spacial score (nSPS) is 9.00. The molecule has 0 atom stereocenters.